The van der Waals surface area contributed by atoms with E-state index < -0.39 is 39.7 Å². The van der Waals surface area contributed by atoms with Gasteiger partial charge in [0.2, 0.25) is 0 Å². The first-order valence-corrected chi connectivity index (χ1v) is 6.97. The molecular formula is C15H11N3O8. The van der Waals surface area contributed by atoms with E-state index >= 15 is 0 Å². The van der Waals surface area contributed by atoms with Crippen molar-refractivity contribution in [3.63, 3.8) is 0 Å². The number of nitro groups is 2. The number of ether oxygens (including phenoxy) is 1. The Morgan fingerprint density at radius 3 is 2.42 bits per heavy atom. The summed E-state index contributed by atoms with van der Waals surface area (Å²) in [5.41, 5.74) is -0.967. The van der Waals surface area contributed by atoms with Crippen LogP contribution < -0.4 is 10.1 Å². The third-order valence-corrected chi connectivity index (χ3v) is 3.10. The maximum atomic E-state index is 11.9. The minimum absolute atomic E-state index is 0.0327. The lowest BCUT2D eigenvalue weighted by Crippen LogP contribution is -2.20. The van der Waals surface area contributed by atoms with Crippen LogP contribution in [0.2, 0.25) is 0 Å². The first kappa shape index (κ1) is 18.3. The fourth-order valence-electron chi connectivity index (χ4n) is 1.95. The van der Waals surface area contributed by atoms with Crippen LogP contribution in [0.4, 0.5) is 17.1 Å². The summed E-state index contributed by atoms with van der Waals surface area (Å²) in [4.78, 5) is 42.7. The van der Waals surface area contributed by atoms with Gasteiger partial charge in [-0.05, 0) is 24.3 Å². The van der Waals surface area contributed by atoms with Crippen molar-refractivity contribution in [1.82, 2.24) is 0 Å². The minimum atomic E-state index is -1.17. The highest BCUT2D eigenvalue weighted by atomic mass is 16.6. The molecule has 0 aliphatic carbocycles. The summed E-state index contributed by atoms with van der Waals surface area (Å²) in [5, 5.41) is 32.9. The average molecular weight is 361 g/mol. The van der Waals surface area contributed by atoms with E-state index in [0.29, 0.717) is 0 Å². The fourth-order valence-corrected chi connectivity index (χ4v) is 1.95. The van der Waals surface area contributed by atoms with Crippen molar-refractivity contribution in [2.75, 3.05) is 11.9 Å². The van der Waals surface area contributed by atoms with Crippen LogP contribution in [0.25, 0.3) is 0 Å². The Labute approximate surface area is 145 Å². The first-order chi connectivity index (χ1) is 12.3. The Kier molecular flexibility index (Phi) is 5.43. The Morgan fingerprint density at radius 2 is 1.81 bits per heavy atom. The number of carboxylic acids is 1. The van der Waals surface area contributed by atoms with Crippen molar-refractivity contribution in [2.24, 2.45) is 0 Å². The van der Waals surface area contributed by atoms with E-state index in [2.05, 4.69) is 5.32 Å². The zero-order valence-electron chi connectivity index (χ0n) is 12.9. The molecule has 0 bridgehead atoms. The molecule has 0 atom stereocenters. The number of benzene rings is 2. The molecule has 0 spiro atoms. The number of hydrogen-bond acceptors (Lipinski definition) is 7. The second-order valence-electron chi connectivity index (χ2n) is 4.89. The Bertz CT molecular complexity index is 896. The van der Waals surface area contributed by atoms with Gasteiger partial charge in [0.05, 0.1) is 21.5 Å². The number of nitrogens with zero attached hydrogens (tertiary/aromatic N) is 2. The number of nitro benzene ring substituents is 2. The van der Waals surface area contributed by atoms with Gasteiger partial charge >= 0.3 is 11.7 Å². The highest BCUT2D eigenvalue weighted by Gasteiger charge is 2.21. The van der Waals surface area contributed by atoms with E-state index in [4.69, 9.17) is 9.84 Å². The van der Waals surface area contributed by atoms with Crippen LogP contribution >= 0.6 is 0 Å². The summed E-state index contributed by atoms with van der Waals surface area (Å²) in [6, 6.07) is 8.22. The zero-order valence-corrected chi connectivity index (χ0v) is 12.9. The SMILES string of the molecule is O=C(COc1ccc([N+](=O)[O-])cc1[N+](=O)[O-])Nc1cccc(C(=O)O)c1. The Morgan fingerprint density at radius 1 is 1.08 bits per heavy atom. The number of carbonyl (C=O) groups is 2. The van der Waals surface area contributed by atoms with Crippen LogP contribution in [0.1, 0.15) is 10.4 Å². The minimum Gasteiger partial charge on any atom is -0.478 e. The molecule has 2 N–H and O–H groups in total. The normalized spacial score (nSPS) is 10.0. The van der Waals surface area contributed by atoms with Crippen LogP contribution in [-0.2, 0) is 4.79 Å². The molecule has 0 unspecified atom stereocenters. The molecule has 0 aliphatic rings. The number of non-ortho nitro benzene ring substituents is 1. The molecule has 0 heterocycles. The molecule has 11 nitrogen and oxygen atoms in total. The zero-order chi connectivity index (χ0) is 19.3. The summed E-state index contributed by atoms with van der Waals surface area (Å²) in [6.45, 7) is -0.615. The molecule has 2 rings (SSSR count). The van der Waals surface area contributed by atoms with Gasteiger partial charge in [-0.2, -0.15) is 0 Å². The number of nitrogens with one attached hydrogen (secondary N) is 1. The van der Waals surface area contributed by atoms with E-state index in [9.17, 15) is 29.8 Å². The summed E-state index contributed by atoms with van der Waals surface area (Å²) < 4.78 is 5.05. The lowest BCUT2D eigenvalue weighted by molar-refractivity contribution is -0.394. The van der Waals surface area contributed by atoms with Crippen LogP contribution in [0.3, 0.4) is 0 Å². The lowest BCUT2D eigenvalue weighted by atomic mass is 10.2. The summed E-state index contributed by atoms with van der Waals surface area (Å²) in [5.74, 6) is -2.17. The van der Waals surface area contributed by atoms with Crippen LogP contribution in [0, 0.1) is 20.2 Å². The highest BCUT2D eigenvalue weighted by Crippen LogP contribution is 2.30. The largest absolute Gasteiger partial charge is 0.478 e. The molecule has 2 aromatic rings. The number of carbonyl (C=O) groups excluding carboxylic acids is 1. The van der Waals surface area contributed by atoms with Crippen molar-refractivity contribution in [3.8, 4) is 5.75 Å². The number of hydrogen-bond donors (Lipinski definition) is 2. The molecule has 0 aliphatic heterocycles. The number of amides is 1. The van der Waals surface area contributed by atoms with E-state index in [1.165, 1.54) is 24.3 Å². The van der Waals surface area contributed by atoms with E-state index in [0.717, 1.165) is 18.2 Å². The highest BCUT2D eigenvalue weighted by molar-refractivity contribution is 5.94. The number of rotatable bonds is 7. The molecule has 11 heteroatoms. The second-order valence-corrected chi connectivity index (χ2v) is 4.89. The van der Waals surface area contributed by atoms with Crippen LogP contribution in [-0.4, -0.2) is 33.4 Å². The van der Waals surface area contributed by atoms with Crippen molar-refractivity contribution in [3.05, 3.63) is 68.3 Å². The third-order valence-electron chi connectivity index (χ3n) is 3.10. The molecular weight excluding hydrogens is 350 g/mol. The monoisotopic (exact) mass is 361 g/mol. The van der Waals surface area contributed by atoms with Crippen molar-refractivity contribution >= 4 is 28.9 Å². The van der Waals surface area contributed by atoms with Gasteiger partial charge < -0.3 is 15.2 Å². The molecule has 0 saturated heterocycles. The quantitative estimate of drug-likeness (QED) is 0.560. The van der Waals surface area contributed by atoms with Gasteiger partial charge in [-0.15, -0.1) is 0 Å². The smallest absolute Gasteiger partial charge is 0.335 e. The van der Waals surface area contributed by atoms with Gasteiger partial charge in [0.1, 0.15) is 0 Å². The number of carboxylic acid groups (broad SMARTS) is 1. The number of anilines is 1. The fraction of sp³-hybridized carbons (Fsp3) is 0.0667. The topological polar surface area (TPSA) is 162 Å². The van der Waals surface area contributed by atoms with Gasteiger partial charge in [-0.1, -0.05) is 6.07 Å². The summed E-state index contributed by atoms with van der Waals surface area (Å²) in [6.07, 6.45) is 0. The van der Waals surface area contributed by atoms with Gasteiger partial charge in [0.15, 0.2) is 12.4 Å². The Hall–Kier alpha value is -4.02. The molecule has 134 valence electrons. The van der Waals surface area contributed by atoms with E-state index in [1.807, 2.05) is 0 Å². The second kappa shape index (κ2) is 7.70. The van der Waals surface area contributed by atoms with Gasteiger partial charge in [-0.3, -0.25) is 25.0 Å². The lowest BCUT2D eigenvalue weighted by Gasteiger charge is -2.08. The van der Waals surface area contributed by atoms with Crippen LogP contribution in [0.5, 0.6) is 5.75 Å². The molecule has 2 aromatic carbocycles. The molecule has 26 heavy (non-hydrogen) atoms. The van der Waals surface area contributed by atoms with Crippen molar-refractivity contribution in [2.45, 2.75) is 0 Å². The van der Waals surface area contributed by atoms with Gasteiger partial charge in [-0.25, -0.2) is 4.79 Å². The molecule has 1 amide bonds. The van der Waals surface area contributed by atoms with Crippen molar-refractivity contribution < 1.29 is 29.3 Å². The predicted octanol–water partition coefficient (Wildman–Crippen LogP) is 2.22. The van der Waals surface area contributed by atoms with E-state index in [-0.39, 0.29) is 17.0 Å². The maximum Gasteiger partial charge on any atom is 0.335 e. The summed E-state index contributed by atoms with van der Waals surface area (Å²) >= 11 is 0. The molecule has 0 fully saturated rings. The maximum absolute atomic E-state index is 11.9. The average Bonchev–Trinajstić information content (AvgIpc) is 2.59. The number of aromatic carboxylic acids is 1. The predicted molar refractivity (Wildman–Crippen MR) is 87.3 cm³/mol. The first-order valence-electron chi connectivity index (χ1n) is 6.97. The van der Waals surface area contributed by atoms with Gasteiger partial charge in [0.25, 0.3) is 11.6 Å². The van der Waals surface area contributed by atoms with Crippen molar-refractivity contribution in [1.29, 1.82) is 0 Å². The Balaban J connectivity index is 2.07. The van der Waals surface area contributed by atoms with E-state index in [1.54, 1.807) is 0 Å². The molecule has 0 aromatic heterocycles. The standard InChI is InChI=1S/C15H11N3O8/c19-14(16-10-3-1-2-9(6-10)15(20)21)8-26-13-5-4-11(17(22)23)7-12(13)18(24)25/h1-7H,8H2,(H,16,19)(H,20,21). The third kappa shape index (κ3) is 4.50. The van der Waals surface area contributed by atoms with Gasteiger partial charge in [0, 0.05) is 11.8 Å². The molecule has 0 radical (unpaired) electrons. The van der Waals surface area contributed by atoms with Crippen LogP contribution in [0.15, 0.2) is 42.5 Å². The molecule has 0 saturated carbocycles. The summed E-state index contributed by atoms with van der Waals surface area (Å²) in [7, 11) is 0.